The second-order valence-electron chi connectivity index (χ2n) is 9.83. The largest absolute Gasteiger partial charge is 0.465 e. The van der Waals surface area contributed by atoms with Crippen LogP contribution in [0.15, 0.2) is 53.9 Å². The summed E-state index contributed by atoms with van der Waals surface area (Å²) in [5.74, 6) is -0.912. The normalized spacial score (nSPS) is 18.8. The number of nitro benzene ring substituents is 2. The van der Waals surface area contributed by atoms with E-state index in [1.54, 1.807) is 24.3 Å². The van der Waals surface area contributed by atoms with Crippen molar-refractivity contribution in [1.82, 2.24) is 9.29 Å². The van der Waals surface area contributed by atoms with Crippen molar-refractivity contribution in [3.63, 3.8) is 0 Å². The van der Waals surface area contributed by atoms with Crippen molar-refractivity contribution in [2.24, 2.45) is 5.92 Å². The Morgan fingerprint density at radius 2 is 1.93 bits per heavy atom. The third-order valence-corrected chi connectivity index (χ3v) is 9.27. The number of aromatic amines is 1. The van der Waals surface area contributed by atoms with E-state index in [0.29, 0.717) is 41.1 Å². The minimum atomic E-state index is -4.63. The maximum Gasteiger partial charge on any atom is 0.339 e. The van der Waals surface area contributed by atoms with Crippen molar-refractivity contribution in [3.05, 3.63) is 80.5 Å². The molecule has 15 heteroatoms. The van der Waals surface area contributed by atoms with Gasteiger partial charge >= 0.3 is 5.97 Å². The number of hydrogen-bond donors (Lipinski definition) is 2. The van der Waals surface area contributed by atoms with Gasteiger partial charge in [0, 0.05) is 36.0 Å². The molecule has 2 heterocycles. The van der Waals surface area contributed by atoms with E-state index in [9.17, 15) is 38.5 Å². The molecule has 1 aliphatic rings. The number of sulfonamides is 1. The quantitative estimate of drug-likeness (QED) is 0.134. The Bertz CT molecular complexity index is 1650. The molecule has 0 bridgehead atoms. The van der Waals surface area contributed by atoms with Crippen LogP contribution in [0.2, 0.25) is 0 Å². The predicted molar refractivity (Wildman–Crippen MR) is 151 cm³/mol. The van der Waals surface area contributed by atoms with Crippen LogP contribution < -0.4 is 0 Å². The van der Waals surface area contributed by atoms with Crippen LogP contribution in [0.4, 0.5) is 11.4 Å². The highest BCUT2D eigenvalue weighted by atomic mass is 32.2. The number of benzene rings is 2. The smallest absolute Gasteiger partial charge is 0.339 e. The number of para-hydroxylation sites is 1. The van der Waals surface area contributed by atoms with Crippen molar-refractivity contribution in [3.8, 4) is 0 Å². The third kappa shape index (κ3) is 6.04. The molecule has 1 saturated heterocycles. The lowest BCUT2D eigenvalue weighted by atomic mass is 10.0. The summed E-state index contributed by atoms with van der Waals surface area (Å²) in [6.07, 6.45) is -0.830. The predicted octanol–water partition coefficient (Wildman–Crippen LogP) is 3.54. The van der Waals surface area contributed by atoms with E-state index in [0.717, 1.165) is 16.4 Å². The van der Waals surface area contributed by atoms with E-state index in [1.807, 2.05) is 6.92 Å². The van der Waals surface area contributed by atoms with Crippen LogP contribution in [0.1, 0.15) is 31.0 Å². The summed E-state index contributed by atoms with van der Waals surface area (Å²) >= 11 is 0. The number of methoxy groups -OCH3 is 1. The zero-order valence-corrected chi connectivity index (χ0v) is 23.7. The summed E-state index contributed by atoms with van der Waals surface area (Å²) in [5.41, 5.74) is 0.0292. The second-order valence-corrected chi connectivity index (χ2v) is 11.7. The fourth-order valence-corrected chi connectivity index (χ4v) is 6.75. The summed E-state index contributed by atoms with van der Waals surface area (Å²) in [5, 5.41) is 34.0. The minimum absolute atomic E-state index is 0.0251. The molecule has 2 unspecified atom stereocenters. The number of aliphatic hydroxyl groups excluding tert-OH is 1. The molecule has 14 nitrogen and oxygen atoms in total. The SMILES string of the molecule is C=C(C(=O)OC)c1[nH]c2ccccc2c1CCN(C[C@@H]1CC(CC)C(O)O1)S(=O)(=O)c1ccc([N+](=O)[O-])cc1[N+](=O)[O-]. The van der Waals surface area contributed by atoms with E-state index < -0.39 is 54.5 Å². The number of nitro groups is 2. The Morgan fingerprint density at radius 3 is 2.55 bits per heavy atom. The number of hydrogen-bond acceptors (Lipinski definition) is 10. The van der Waals surface area contributed by atoms with Gasteiger partial charge in [-0.1, -0.05) is 31.7 Å². The number of nitrogens with one attached hydrogen (secondary N) is 1. The van der Waals surface area contributed by atoms with E-state index >= 15 is 0 Å². The summed E-state index contributed by atoms with van der Waals surface area (Å²) in [6, 6.07) is 9.46. The molecule has 0 spiro atoms. The number of fused-ring (bicyclic) bond motifs is 1. The average Bonchev–Trinajstić information content (AvgIpc) is 3.52. The van der Waals surface area contributed by atoms with Gasteiger partial charge in [0.25, 0.3) is 11.4 Å². The number of esters is 1. The lowest BCUT2D eigenvalue weighted by Crippen LogP contribution is -2.39. The average molecular weight is 603 g/mol. The number of carbonyl (C=O) groups is 1. The first kappa shape index (κ1) is 30.8. The van der Waals surface area contributed by atoms with E-state index in [1.165, 1.54) is 7.11 Å². The van der Waals surface area contributed by atoms with Gasteiger partial charge in [0.1, 0.15) is 0 Å². The molecule has 42 heavy (non-hydrogen) atoms. The fraction of sp³-hybridized carbons (Fsp3) is 0.370. The highest BCUT2D eigenvalue weighted by molar-refractivity contribution is 7.89. The van der Waals surface area contributed by atoms with Crippen molar-refractivity contribution < 1.29 is 37.6 Å². The van der Waals surface area contributed by atoms with Crippen LogP contribution in [-0.4, -0.2) is 71.2 Å². The number of H-pyrrole nitrogens is 1. The number of aliphatic hydroxyl groups is 1. The fourth-order valence-electron chi connectivity index (χ4n) is 5.14. The van der Waals surface area contributed by atoms with Crippen LogP contribution in [-0.2, 0) is 30.7 Å². The van der Waals surface area contributed by atoms with Crippen LogP contribution in [0.25, 0.3) is 16.5 Å². The van der Waals surface area contributed by atoms with Gasteiger partial charge in [0.15, 0.2) is 11.2 Å². The lowest BCUT2D eigenvalue weighted by Gasteiger charge is -2.25. The summed E-state index contributed by atoms with van der Waals surface area (Å²) in [4.78, 5) is 35.9. The van der Waals surface area contributed by atoms with Crippen molar-refractivity contribution >= 4 is 43.8 Å². The molecule has 2 aromatic carbocycles. The molecular formula is C27H30N4O10S. The van der Waals surface area contributed by atoms with E-state index in [-0.39, 0.29) is 31.0 Å². The first-order chi connectivity index (χ1) is 19.9. The number of non-ortho nitro benzene ring substituents is 1. The van der Waals surface area contributed by atoms with Crippen LogP contribution in [0.5, 0.6) is 0 Å². The summed E-state index contributed by atoms with van der Waals surface area (Å²) in [6.45, 7) is 5.22. The van der Waals surface area contributed by atoms with Crippen molar-refractivity contribution in [2.75, 3.05) is 20.2 Å². The van der Waals surface area contributed by atoms with Crippen LogP contribution in [0, 0.1) is 26.1 Å². The van der Waals surface area contributed by atoms with Gasteiger partial charge in [-0.25, -0.2) is 13.2 Å². The highest BCUT2D eigenvalue weighted by Gasteiger charge is 2.39. The highest BCUT2D eigenvalue weighted by Crippen LogP contribution is 2.34. The Balaban J connectivity index is 1.77. The van der Waals surface area contributed by atoms with Crippen LogP contribution in [0.3, 0.4) is 0 Å². The molecule has 224 valence electrons. The Labute approximate surface area is 240 Å². The number of ether oxygens (including phenoxy) is 2. The Hall–Kier alpha value is -4.18. The van der Waals surface area contributed by atoms with Gasteiger partial charge in [-0.15, -0.1) is 0 Å². The molecule has 3 aromatic rings. The Kier molecular flexibility index (Phi) is 9.06. The number of carbonyl (C=O) groups excluding carboxylic acids is 1. The number of nitrogens with zero attached hydrogens (tertiary/aromatic N) is 3. The monoisotopic (exact) mass is 602 g/mol. The van der Waals surface area contributed by atoms with Gasteiger partial charge in [-0.2, -0.15) is 4.31 Å². The van der Waals surface area contributed by atoms with E-state index in [4.69, 9.17) is 9.47 Å². The third-order valence-electron chi connectivity index (χ3n) is 7.36. The molecule has 2 N–H and O–H groups in total. The Morgan fingerprint density at radius 1 is 1.21 bits per heavy atom. The summed E-state index contributed by atoms with van der Waals surface area (Å²) < 4.78 is 39.4. The number of rotatable bonds is 12. The van der Waals surface area contributed by atoms with Gasteiger partial charge < -0.3 is 19.6 Å². The van der Waals surface area contributed by atoms with Crippen molar-refractivity contribution in [1.29, 1.82) is 0 Å². The molecule has 4 rings (SSSR count). The molecular weight excluding hydrogens is 572 g/mol. The molecule has 0 aliphatic carbocycles. The topological polar surface area (TPSA) is 195 Å². The van der Waals surface area contributed by atoms with E-state index in [2.05, 4.69) is 11.6 Å². The summed E-state index contributed by atoms with van der Waals surface area (Å²) in [7, 11) is -3.42. The zero-order valence-electron chi connectivity index (χ0n) is 22.9. The maximum atomic E-state index is 14.0. The van der Waals surface area contributed by atoms with Gasteiger partial charge in [0.2, 0.25) is 10.0 Å². The van der Waals surface area contributed by atoms with Crippen molar-refractivity contribution in [2.45, 2.75) is 43.5 Å². The lowest BCUT2D eigenvalue weighted by molar-refractivity contribution is -0.396. The molecule has 0 saturated carbocycles. The maximum absolute atomic E-state index is 14.0. The molecule has 0 radical (unpaired) electrons. The minimum Gasteiger partial charge on any atom is -0.465 e. The van der Waals surface area contributed by atoms with Gasteiger partial charge in [0.05, 0.1) is 40.4 Å². The van der Waals surface area contributed by atoms with Gasteiger partial charge in [-0.05, 0) is 37.0 Å². The van der Waals surface area contributed by atoms with Gasteiger partial charge in [-0.3, -0.25) is 20.2 Å². The second kappa shape index (κ2) is 12.4. The molecule has 1 aliphatic heterocycles. The first-order valence-electron chi connectivity index (χ1n) is 13.0. The molecule has 1 aromatic heterocycles. The molecule has 3 atom stereocenters. The first-order valence-corrected chi connectivity index (χ1v) is 14.5. The van der Waals surface area contributed by atoms with Crippen LogP contribution >= 0.6 is 0 Å². The number of aromatic nitrogens is 1. The molecule has 0 amide bonds. The standard InChI is InChI=1S/C27H30N4O10S/c1-4-17-13-19(41-27(17)33)15-29(42(38,39)24-10-9-18(30(34)35)14-23(24)31(36)37)12-11-21-20-7-5-6-8-22(20)28-25(21)16(2)26(32)40-3/h5-10,14,17,19,27-28,33H,2,4,11-13,15H2,1,3H3/t17?,19-,27?/m0/s1. The zero-order chi connectivity index (χ0) is 30.8. The molecule has 1 fully saturated rings.